The molecule has 0 radical (unpaired) electrons. The summed E-state index contributed by atoms with van der Waals surface area (Å²) < 4.78 is 0. The molecule has 2 bridgehead atoms. The predicted octanol–water partition coefficient (Wildman–Crippen LogP) is 1.54. The summed E-state index contributed by atoms with van der Waals surface area (Å²) in [5, 5.41) is 13.8. The summed E-state index contributed by atoms with van der Waals surface area (Å²) in [5.74, 6) is 0.724. The average Bonchev–Trinajstić information content (AvgIpc) is 2.55. The van der Waals surface area contributed by atoms with Gasteiger partial charge in [-0.25, -0.2) is 0 Å². The van der Waals surface area contributed by atoms with Gasteiger partial charge in [-0.05, 0) is 37.1 Å². The molecule has 0 unspecified atom stereocenters. The lowest BCUT2D eigenvalue weighted by atomic mass is 9.72. The first-order chi connectivity index (χ1) is 6.03. The minimum absolute atomic E-state index is 0.0584. The second-order valence-electron chi connectivity index (χ2n) is 5.35. The predicted molar refractivity (Wildman–Crippen MR) is 53.5 cm³/mol. The lowest BCUT2D eigenvalue weighted by Gasteiger charge is -2.41. The molecule has 2 aliphatic carbocycles. The Balaban J connectivity index is 2.24. The van der Waals surface area contributed by atoms with Crippen molar-refractivity contribution in [1.29, 1.82) is 0 Å². The van der Waals surface area contributed by atoms with E-state index in [9.17, 15) is 5.11 Å². The van der Waals surface area contributed by atoms with Crippen LogP contribution in [0.2, 0.25) is 0 Å². The lowest BCUT2D eigenvalue weighted by molar-refractivity contribution is -0.0191. The molecule has 2 heteroatoms. The van der Waals surface area contributed by atoms with Crippen molar-refractivity contribution in [1.82, 2.24) is 5.32 Å². The maximum atomic E-state index is 10.3. The molecular weight excluding hydrogens is 162 g/mol. The minimum Gasteiger partial charge on any atom is -0.391 e. The molecule has 0 aromatic rings. The first kappa shape index (κ1) is 9.47. The van der Waals surface area contributed by atoms with Gasteiger partial charge < -0.3 is 10.4 Å². The molecule has 0 aromatic heterocycles. The Morgan fingerprint density at radius 1 is 1.46 bits per heavy atom. The van der Waals surface area contributed by atoms with Crippen LogP contribution in [0, 0.1) is 11.3 Å². The molecule has 0 aliphatic heterocycles. The highest BCUT2D eigenvalue weighted by atomic mass is 16.3. The van der Waals surface area contributed by atoms with Crippen LogP contribution in [0.25, 0.3) is 0 Å². The zero-order valence-electron chi connectivity index (χ0n) is 8.93. The van der Waals surface area contributed by atoms with E-state index in [1.165, 1.54) is 12.8 Å². The van der Waals surface area contributed by atoms with Crippen molar-refractivity contribution in [2.75, 3.05) is 6.54 Å². The first-order valence-electron chi connectivity index (χ1n) is 5.46. The van der Waals surface area contributed by atoms with E-state index < -0.39 is 0 Å². The summed E-state index contributed by atoms with van der Waals surface area (Å²) in [4.78, 5) is 0. The van der Waals surface area contributed by atoms with Gasteiger partial charge >= 0.3 is 0 Å². The van der Waals surface area contributed by atoms with Crippen molar-refractivity contribution >= 4 is 0 Å². The Morgan fingerprint density at radius 3 is 2.62 bits per heavy atom. The molecule has 0 saturated heterocycles. The molecule has 2 nitrogen and oxygen atoms in total. The van der Waals surface area contributed by atoms with Gasteiger partial charge in [-0.1, -0.05) is 20.8 Å². The van der Waals surface area contributed by atoms with Gasteiger partial charge in [0.05, 0.1) is 6.10 Å². The van der Waals surface area contributed by atoms with Crippen molar-refractivity contribution < 1.29 is 5.11 Å². The fourth-order valence-electron chi connectivity index (χ4n) is 3.50. The molecule has 0 spiro atoms. The van der Waals surface area contributed by atoms with Crippen LogP contribution in [0.15, 0.2) is 0 Å². The van der Waals surface area contributed by atoms with Crippen molar-refractivity contribution in [2.24, 2.45) is 11.3 Å². The summed E-state index contributed by atoms with van der Waals surface area (Å²) in [5.41, 5.74) is 0.184. The van der Waals surface area contributed by atoms with Crippen LogP contribution in [0.1, 0.15) is 40.0 Å². The molecule has 2 N–H and O–H groups in total. The number of rotatable bonds is 2. The molecule has 13 heavy (non-hydrogen) atoms. The largest absolute Gasteiger partial charge is 0.391 e. The number of likely N-dealkylation sites (N-methyl/N-ethyl adjacent to an activating group) is 1. The Labute approximate surface area is 80.7 Å². The summed E-state index contributed by atoms with van der Waals surface area (Å²) in [7, 11) is 0. The summed E-state index contributed by atoms with van der Waals surface area (Å²) in [6.07, 6.45) is 3.47. The zero-order valence-corrected chi connectivity index (χ0v) is 8.93. The van der Waals surface area contributed by atoms with Crippen LogP contribution in [0.4, 0.5) is 0 Å². The number of aliphatic hydroxyl groups is 1. The third-order valence-electron chi connectivity index (χ3n) is 4.36. The molecule has 0 aromatic carbocycles. The quantitative estimate of drug-likeness (QED) is 0.680. The van der Waals surface area contributed by atoms with Gasteiger partial charge in [0.25, 0.3) is 0 Å². The maximum absolute atomic E-state index is 10.3. The molecule has 2 rings (SSSR count). The fourth-order valence-corrected chi connectivity index (χ4v) is 3.50. The Kier molecular flexibility index (Phi) is 1.97. The van der Waals surface area contributed by atoms with Gasteiger partial charge in [-0.2, -0.15) is 0 Å². The summed E-state index contributed by atoms with van der Waals surface area (Å²) in [6, 6.07) is 0. The smallest absolute Gasteiger partial charge is 0.0775 e. The van der Waals surface area contributed by atoms with Crippen LogP contribution in [0.5, 0.6) is 0 Å². The second-order valence-corrected chi connectivity index (χ2v) is 5.35. The molecular formula is C11H21NO. The number of hydrogen-bond acceptors (Lipinski definition) is 2. The van der Waals surface area contributed by atoms with Crippen LogP contribution in [-0.2, 0) is 0 Å². The van der Waals surface area contributed by atoms with Gasteiger partial charge in [-0.15, -0.1) is 0 Å². The van der Waals surface area contributed by atoms with Gasteiger partial charge in [0, 0.05) is 5.54 Å². The van der Waals surface area contributed by atoms with Crippen LogP contribution in [0.3, 0.4) is 0 Å². The highest BCUT2D eigenvalue weighted by molar-refractivity contribution is 5.15. The summed E-state index contributed by atoms with van der Waals surface area (Å²) in [6.45, 7) is 7.52. The average molecular weight is 183 g/mol. The van der Waals surface area contributed by atoms with E-state index >= 15 is 0 Å². The van der Waals surface area contributed by atoms with Crippen LogP contribution >= 0.6 is 0 Å². The van der Waals surface area contributed by atoms with Crippen molar-refractivity contribution in [3.63, 3.8) is 0 Å². The fraction of sp³-hybridized carbons (Fsp3) is 1.00. The summed E-state index contributed by atoms with van der Waals surface area (Å²) >= 11 is 0. The van der Waals surface area contributed by atoms with E-state index in [4.69, 9.17) is 0 Å². The Bertz CT molecular complexity index is 214. The van der Waals surface area contributed by atoms with E-state index in [0.29, 0.717) is 0 Å². The van der Waals surface area contributed by atoms with Crippen molar-refractivity contribution in [3.05, 3.63) is 0 Å². The lowest BCUT2D eigenvalue weighted by Crippen LogP contribution is -2.55. The SMILES string of the molecule is CCN[C@@]12CC[C@@H](C1)C(C)(C)[C@@H]2O. The molecule has 2 aliphatic rings. The highest BCUT2D eigenvalue weighted by Gasteiger charge is 2.60. The molecule has 2 saturated carbocycles. The van der Waals surface area contributed by atoms with E-state index in [0.717, 1.165) is 18.9 Å². The highest BCUT2D eigenvalue weighted by Crippen LogP contribution is 2.57. The van der Waals surface area contributed by atoms with E-state index in [1.807, 2.05) is 0 Å². The van der Waals surface area contributed by atoms with Gasteiger partial charge in [0.1, 0.15) is 0 Å². The van der Waals surface area contributed by atoms with Gasteiger partial charge in [0.2, 0.25) is 0 Å². The maximum Gasteiger partial charge on any atom is 0.0775 e. The monoisotopic (exact) mass is 183 g/mol. The molecule has 76 valence electrons. The molecule has 0 heterocycles. The van der Waals surface area contributed by atoms with Gasteiger partial charge in [-0.3, -0.25) is 0 Å². The molecule has 3 atom stereocenters. The first-order valence-corrected chi connectivity index (χ1v) is 5.46. The van der Waals surface area contributed by atoms with Crippen LogP contribution in [-0.4, -0.2) is 23.3 Å². The van der Waals surface area contributed by atoms with Crippen LogP contribution < -0.4 is 5.32 Å². The van der Waals surface area contributed by atoms with E-state index in [2.05, 4.69) is 26.1 Å². The minimum atomic E-state index is -0.154. The van der Waals surface area contributed by atoms with Crippen molar-refractivity contribution in [2.45, 2.75) is 51.7 Å². The number of nitrogens with one attached hydrogen (secondary N) is 1. The zero-order chi connectivity index (χ0) is 9.69. The Hall–Kier alpha value is -0.0800. The van der Waals surface area contributed by atoms with Gasteiger partial charge in [0.15, 0.2) is 0 Å². The Morgan fingerprint density at radius 2 is 2.15 bits per heavy atom. The van der Waals surface area contributed by atoms with Crippen molar-refractivity contribution in [3.8, 4) is 0 Å². The number of fused-ring (bicyclic) bond motifs is 2. The van der Waals surface area contributed by atoms with E-state index in [1.54, 1.807) is 0 Å². The topological polar surface area (TPSA) is 32.3 Å². The third kappa shape index (κ3) is 1.08. The number of aliphatic hydroxyl groups excluding tert-OH is 1. The standard InChI is InChI=1S/C11H21NO/c1-4-12-11-6-5-8(7-11)10(2,3)9(11)13/h8-9,12-13H,4-7H2,1-3H3/t8-,9-,11-/m0/s1. The third-order valence-corrected chi connectivity index (χ3v) is 4.36. The second kappa shape index (κ2) is 2.71. The van der Waals surface area contributed by atoms with E-state index in [-0.39, 0.29) is 17.1 Å². The number of hydrogen-bond donors (Lipinski definition) is 2. The normalized spacial score (nSPS) is 47.1. The molecule has 0 amide bonds. The molecule has 2 fully saturated rings.